The Balaban J connectivity index is 1.24. The highest BCUT2D eigenvalue weighted by molar-refractivity contribution is 7.87. The number of nitrogens with zero attached hydrogens (tertiary/aromatic N) is 4. The van der Waals surface area contributed by atoms with E-state index in [9.17, 15) is 13.2 Å². The van der Waals surface area contributed by atoms with Crippen LogP contribution in [0.1, 0.15) is 104 Å². The maximum Gasteiger partial charge on any atom is 0.304 e. The molecule has 11 heteroatoms. The number of methoxy groups -OCH3 is 1. The molecule has 6 fully saturated rings. The van der Waals surface area contributed by atoms with Crippen molar-refractivity contribution < 1.29 is 22.7 Å². The molecule has 266 valence electrons. The summed E-state index contributed by atoms with van der Waals surface area (Å²) in [5.74, 6) is 1.53. The third-order valence-corrected chi connectivity index (χ3v) is 14.3. The Bertz CT molecular complexity index is 1980. The van der Waals surface area contributed by atoms with Crippen LogP contribution in [0.2, 0.25) is 0 Å². The second kappa shape index (κ2) is 12.1. The fourth-order valence-corrected chi connectivity index (χ4v) is 11.2. The first-order valence-corrected chi connectivity index (χ1v) is 20.2. The molecule has 10 nitrogen and oxygen atoms in total. The van der Waals surface area contributed by atoms with Gasteiger partial charge in [-0.1, -0.05) is 25.3 Å². The van der Waals surface area contributed by atoms with Crippen LogP contribution in [-0.2, 0) is 15.0 Å². The monoisotopic (exact) mass is 699 g/mol. The molecule has 4 aliphatic heterocycles. The number of aromatic nitrogens is 1. The molecule has 2 aromatic carbocycles. The van der Waals surface area contributed by atoms with Gasteiger partial charge in [-0.15, -0.1) is 0 Å². The second-order valence-corrected chi connectivity index (χ2v) is 17.8. The fourth-order valence-electron chi connectivity index (χ4n) is 10.1. The van der Waals surface area contributed by atoms with Gasteiger partial charge in [0, 0.05) is 55.3 Å². The zero-order chi connectivity index (χ0) is 34.5. The molecule has 3 aromatic rings. The molecule has 3 aliphatic carbocycles. The average molecular weight is 700 g/mol. The summed E-state index contributed by atoms with van der Waals surface area (Å²) in [6.07, 6.45) is 10.4. The molecule has 3 saturated carbocycles. The average Bonchev–Trinajstić information content (AvgIpc) is 4.04. The first-order chi connectivity index (χ1) is 24.1. The van der Waals surface area contributed by atoms with Gasteiger partial charge in [-0.3, -0.25) is 9.59 Å². The van der Waals surface area contributed by atoms with Crippen LogP contribution in [0, 0.1) is 11.8 Å². The predicted molar refractivity (Wildman–Crippen MR) is 193 cm³/mol. The lowest BCUT2D eigenvalue weighted by atomic mass is 9.81. The minimum absolute atomic E-state index is 0.0618. The van der Waals surface area contributed by atoms with Crippen LogP contribution in [0.25, 0.3) is 22.2 Å². The Kier molecular flexibility index (Phi) is 7.86. The summed E-state index contributed by atoms with van der Waals surface area (Å²) in [6.45, 7) is 2.69. The summed E-state index contributed by atoms with van der Waals surface area (Å²) < 4.78 is 37.9. The number of fused-ring (bicyclic) bond motifs is 11. The maximum absolute atomic E-state index is 15.3. The Hall–Kier alpha value is -3.41. The van der Waals surface area contributed by atoms with Gasteiger partial charge >= 0.3 is 10.2 Å². The number of piperidine rings is 1. The van der Waals surface area contributed by atoms with Crippen LogP contribution in [-0.4, -0.2) is 91.8 Å². The largest absolute Gasteiger partial charge is 0.497 e. The van der Waals surface area contributed by atoms with E-state index in [-0.39, 0.29) is 35.4 Å². The molecule has 0 spiro atoms. The molecular formula is C39H49N5O5S. The van der Waals surface area contributed by atoms with Crippen molar-refractivity contribution in [3.8, 4) is 17.0 Å². The second-order valence-electron chi connectivity index (χ2n) is 16.1. The van der Waals surface area contributed by atoms with Gasteiger partial charge in [-0.25, -0.2) is 4.72 Å². The normalized spacial score (nSPS) is 28.1. The molecule has 5 unspecified atom stereocenters. The van der Waals surface area contributed by atoms with E-state index in [1.165, 1.54) is 28.9 Å². The highest BCUT2D eigenvalue weighted by atomic mass is 32.2. The number of benzene rings is 2. The van der Waals surface area contributed by atoms with E-state index in [2.05, 4.69) is 38.3 Å². The van der Waals surface area contributed by atoms with Crippen molar-refractivity contribution in [2.45, 2.75) is 94.2 Å². The van der Waals surface area contributed by atoms with E-state index in [0.29, 0.717) is 11.8 Å². The lowest BCUT2D eigenvalue weighted by Gasteiger charge is -2.39. The summed E-state index contributed by atoms with van der Waals surface area (Å²) in [6, 6.07) is 11.8. The highest BCUT2D eigenvalue weighted by Gasteiger charge is 2.54. The minimum atomic E-state index is -3.98. The number of rotatable bonds is 7. The molecule has 2 bridgehead atoms. The van der Waals surface area contributed by atoms with E-state index in [1.54, 1.807) is 13.2 Å². The molecule has 50 heavy (non-hydrogen) atoms. The number of nitrogens with one attached hydrogen (secondary N) is 1. The Morgan fingerprint density at radius 2 is 1.74 bits per heavy atom. The molecule has 7 aliphatic rings. The summed E-state index contributed by atoms with van der Waals surface area (Å²) in [4.78, 5) is 33.6. The minimum Gasteiger partial charge on any atom is -0.497 e. The molecule has 5 heterocycles. The van der Waals surface area contributed by atoms with Crippen LogP contribution in [0.4, 0.5) is 0 Å². The first kappa shape index (κ1) is 32.5. The number of hydrogen-bond donors (Lipinski definition) is 1. The zero-order valence-corrected chi connectivity index (χ0v) is 30.3. The highest BCUT2D eigenvalue weighted by Crippen LogP contribution is 2.62. The summed E-state index contributed by atoms with van der Waals surface area (Å²) >= 11 is 0. The lowest BCUT2D eigenvalue weighted by molar-refractivity contribution is -0.139. The van der Waals surface area contributed by atoms with Gasteiger partial charge in [0.2, 0.25) is 5.91 Å². The van der Waals surface area contributed by atoms with Crippen LogP contribution in [0.15, 0.2) is 36.4 Å². The molecule has 1 N–H and O–H groups in total. The maximum atomic E-state index is 15.3. The Labute approximate surface area is 295 Å². The Morgan fingerprint density at radius 1 is 0.940 bits per heavy atom. The van der Waals surface area contributed by atoms with Gasteiger partial charge < -0.3 is 19.1 Å². The SMILES string of the molecule is COc1ccc2c(c1)C1CC1C(C(=O)N1CC3CCC1CN(C)C3)n1c-2c(C2CCCCC2)c2ccc(C(=O)NS(=O)(=O)N(C)C3CC3)cc21. The third-order valence-electron chi connectivity index (χ3n) is 12.9. The number of carbonyl (C=O) groups excluding carboxylic acids is 2. The molecule has 1 aromatic heterocycles. The van der Waals surface area contributed by atoms with E-state index >= 15 is 4.79 Å². The lowest BCUT2D eigenvalue weighted by Crippen LogP contribution is -2.50. The van der Waals surface area contributed by atoms with Gasteiger partial charge in [0.1, 0.15) is 11.8 Å². The van der Waals surface area contributed by atoms with Crippen molar-refractivity contribution >= 4 is 32.9 Å². The van der Waals surface area contributed by atoms with Crippen molar-refractivity contribution in [3.63, 3.8) is 0 Å². The smallest absolute Gasteiger partial charge is 0.304 e. The summed E-state index contributed by atoms with van der Waals surface area (Å²) in [5.41, 5.74) is 5.92. The first-order valence-electron chi connectivity index (χ1n) is 18.8. The van der Waals surface area contributed by atoms with E-state index in [1.807, 2.05) is 18.2 Å². The van der Waals surface area contributed by atoms with Crippen LogP contribution in [0.5, 0.6) is 5.75 Å². The molecular weight excluding hydrogens is 651 g/mol. The Morgan fingerprint density at radius 3 is 2.50 bits per heavy atom. The van der Waals surface area contributed by atoms with Gasteiger partial charge in [-0.05, 0) is 117 Å². The van der Waals surface area contributed by atoms with Crippen molar-refractivity contribution in [1.29, 1.82) is 0 Å². The van der Waals surface area contributed by atoms with Crippen LogP contribution in [0.3, 0.4) is 0 Å². The zero-order valence-electron chi connectivity index (χ0n) is 29.4. The quantitative estimate of drug-likeness (QED) is 0.342. The number of ether oxygens (including phenoxy) is 1. The topological polar surface area (TPSA) is 104 Å². The van der Waals surface area contributed by atoms with Crippen molar-refractivity contribution in [2.24, 2.45) is 11.8 Å². The molecule has 2 amide bonds. The summed E-state index contributed by atoms with van der Waals surface area (Å²) in [7, 11) is 1.43. The van der Waals surface area contributed by atoms with Gasteiger partial charge in [-0.2, -0.15) is 12.7 Å². The van der Waals surface area contributed by atoms with Crippen molar-refractivity contribution in [3.05, 3.63) is 53.1 Å². The number of likely N-dealkylation sites (N-methyl/N-ethyl adjacent to an activating group) is 1. The van der Waals surface area contributed by atoms with E-state index in [4.69, 9.17) is 4.74 Å². The molecule has 3 saturated heterocycles. The van der Waals surface area contributed by atoms with Crippen LogP contribution >= 0.6 is 0 Å². The third kappa shape index (κ3) is 5.37. The van der Waals surface area contributed by atoms with Crippen molar-refractivity contribution in [2.75, 3.05) is 40.8 Å². The van der Waals surface area contributed by atoms with Crippen molar-refractivity contribution in [1.82, 2.24) is 23.4 Å². The van der Waals surface area contributed by atoms with Gasteiger partial charge in [0.05, 0.1) is 18.3 Å². The molecule has 5 atom stereocenters. The summed E-state index contributed by atoms with van der Waals surface area (Å²) in [5, 5.41) is 1.07. The van der Waals surface area contributed by atoms with E-state index < -0.39 is 22.2 Å². The van der Waals surface area contributed by atoms with Crippen LogP contribution < -0.4 is 9.46 Å². The van der Waals surface area contributed by atoms with Gasteiger partial charge in [0.25, 0.3) is 5.91 Å². The number of hydrogen-bond acceptors (Lipinski definition) is 6. The van der Waals surface area contributed by atoms with E-state index in [0.717, 1.165) is 105 Å². The molecule has 10 rings (SSSR count). The standard InChI is InChI=1S/C39H49N5O5S/c1-41-20-23-9-11-27(22-41)43(21-23)39(46)37-33-19-32(33)31-18-28(49-3)14-16-29(31)36-35(24-7-5-4-6-8-24)30-15-10-25(17-34(30)44(36)37)38(45)40-50(47,48)42(2)26-12-13-26/h10,14-18,23-24,26-27,32-33,37H,4-9,11-13,19-22H2,1-3H3,(H,40,45). The predicted octanol–water partition coefficient (Wildman–Crippen LogP) is 5.64. The number of amides is 2. The van der Waals surface area contributed by atoms with Gasteiger partial charge in [0.15, 0.2) is 0 Å². The fraction of sp³-hybridized carbons (Fsp3) is 0.590. The molecule has 0 radical (unpaired) electrons. The number of carbonyl (C=O) groups is 2.